The summed E-state index contributed by atoms with van der Waals surface area (Å²) in [6.45, 7) is 4.53. The van der Waals surface area contributed by atoms with Gasteiger partial charge in [0.05, 0.1) is 0 Å². The Balaban J connectivity index is 2.77. The molecule has 1 aliphatic rings. The first-order valence-corrected chi connectivity index (χ1v) is 6.50. The van der Waals surface area contributed by atoms with Gasteiger partial charge in [-0.05, 0) is 13.8 Å². The van der Waals surface area contributed by atoms with Gasteiger partial charge in [-0.1, -0.05) is 0 Å². The van der Waals surface area contributed by atoms with E-state index in [1.807, 2.05) is 0 Å². The molecule has 1 saturated heterocycles. The molecule has 1 rings (SSSR count). The van der Waals surface area contributed by atoms with Gasteiger partial charge < -0.3 is 31.1 Å². The maximum Gasteiger partial charge on any atom is 0.323 e. The molecule has 1 aliphatic heterocycles. The number of likely N-dealkylation sites (N-methyl/N-ethyl adjacent to an activating group) is 2. The van der Waals surface area contributed by atoms with Crippen LogP contribution in [0.4, 0.5) is 14.4 Å². The van der Waals surface area contributed by atoms with Gasteiger partial charge >= 0.3 is 18.1 Å². The van der Waals surface area contributed by atoms with Gasteiger partial charge in [-0.25, -0.2) is 14.4 Å². The van der Waals surface area contributed by atoms with Gasteiger partial charge in [-0.2, -0.15) is 0 Å². The van der Waals surface area contributed by atoms with Gasteiger partial charge in [0, 0.05) is 27.2 Å². The zero-order valence-electron chi connectivity index (χ0n) is 12.2. The Hall–Kier alpha value is -2.19. The highest BCUT2D eigenvalue weighted by molar-refractivity contribution is 5.82. The normalized spacial score (nSPS) is 21.7. The summed E-state index contributed by atoms with van der Waals surface area (Å²) in [5, 5.41) is 10.5. The highest BCUT2D eigenvalue weighted by Gasteiger charge is 2.43. The van der Waals surface area contributed by atoms with E-state index in [0.717, 1.165) is 0 Å². The zero-order chi connectivity index (χ0) is 15.3. The number of nitrogens with one attached hydrogen (secondary N) is 4. The van der Waals surface area contributed by atoms with Crippen LogP contribution in [0.5, 0.6) is 0 Å². The fraction of sp³-hybridized carbons (Fsp3) is 0.727. The summed E-state index contributed by atoms with van der Waals surface area (Å²) < 4.78 is 0. The minimum Gasteiger partial charge on any atom is -0.338 e. The molecule has 20 heavy (non-hydrogen) atoms. The predicted octanol–water partition coefficient (Wildman–Crippen LogP) is -0.726. The summed E-state index contributed by atoms with van der Waals surface area (Å²) in [6, 6.07) is -1.07. The molecule has 9 nitrogen and oxygen atoms in total. The van der Waals surface area contributed by atoms with Crippen LogP contribution in [0.15, 0.2) is 0 Å². The summed E-state index contributed by atoms with van der Waals surface area (Å²) in [5.74, 6) is 0. The van der Waals surface area contributed by atoms with Crippen LogP contribution < -0.4 is 21.3 Å². The second-order valence-electron chi connectivity index (χ2n) is 4.40. The van der Waals surface area contributed by atoms with E-state index >= 15 is 0 Å². The van der Waals surface area contributed by atoms with Crippen molar-refractivity contribution in [3.63, 3.8) is 0 Å². The smallest absolute Gasteiger partial charge is 0.323 e. The molecule has 2 unspecified atom stereocenters. The van der Waals surface area contributed by atoms with Crippen LogP contribution in [0.3, 0.4) is 0 Å². The number of carbonyl (C=O) groups excluding carboxylic acids is 3. The Morgan fingerprint density at radius 1 is 0.950 bits per heavy atom. The number of hydrogen-bond donors (Lipinski definition) is 4. The molecule has 6 amide bonds. The Bertz CT molecular complexity index is 354. The quantitative estimate of drug-likeness (QED) is 0.547. The maximum absolute atomic E-state index is 11.9. The molecule has 0 aromatic rings. The molecule has 0 bridgehead atoms. The molecule has 114 valence electrons. The molecule has 0 aromatic carbocycles. The lowest BCUT2D eigenvalue weighted by Gasteiger charge is -2.26. The van der Waals surface area contributed by atoms with E-state index in [0.29, 0.717) is 13.1 Å². The fourth-order valence-electron chi connectivity index (χ4n) is 1.95. The molecule has 0 aromatic heterocycles. The average molecular weight is 286 g/mol. The van der Waals surface area contributed by atoms with Crippen molar-refractivity contribution in [3.05, 3.63) is 0 Å². The first-order chi connectivity index (χ1) is 9.42. The van der Waals surface area contributed by atoms with E-state index in [2.05, 4.69) is 21.3 Å². The minimum atomic E-state index is -0.637. The van der Waals surface area contributed by atoms with Crippen molar-refractivity contribution < 1.29 is 14.4 Å². The molecule has 4 N–H and O–H groups in total. The van der Waals surface area contributed by atoms with E-state index in [1.165, 1.54) is 9.80 Å². The number of amides is 6. The van der Waals surface area contributed by atoms with Crippen LogP contribution in [0.2, 0.25) is 0 Å². The second kappa shape index (κ2) is 6.83. The number of nitrogens with zero attached hydrogens (tertiary/aromatic N) is 2. The van der Waals surface area contributed by atoms with Gasteiger partial charge in [-0.15, -0.1) is 0 Å². The van der Waals surface area contributed by atoms with Gasteiger partial charge in [0.25, 0.3) is 0 Å². The Kier molecular flexibility index (Phi) is 5.42. The van der Waals surface area contributed by atoms with Gasteiger partial charge in [0.15, 0.2) is 0 Å². The molecule has 1 fully saturated rings. The molecule has 1 heterocycles. The number of rotatable bonds is 4. The lowest BCUT2D eigenvalue weighted by atomic mass is 10.3. The Labute approximate surface area is 118 Å². The van der Waals surface area contributed by atoms with E-state index in [-0.39, 0.29) is 6.03 Å². The average Bonchev–Trinajstić information content (AvgIpc) is 2.57. The van der Waals surface area contributed by atoms with Crippen molar-refractivity contribution in [1.82, 2.24) is 31.1 Å². The van der Waals surface area contributed by atoms with Crippen LogP contribution >= 0.6 is 0 Å². The lowest BCUT2D eigenvalue weighted by Crippen LogP contribution is -2.59. The van der Waals surface area contributed by atoms with Crippen molar-refractivity contribution >= 4 is 18.1 Å². The summed E-state index contributed by atoms with van der Waals surface area (Å²) in [5.41, 5.74) is 0. The standard InChI is InChI=1S/C11H22N6O3/c1-5-12-9(18)14-7-8(15-10(19)13-6-2)17(4)11(20)16(7)3/h7-8H,5-6H2,1-4H3,(H2,12,14,18)(H2,13,15,19). The summed E-state index contributed by atoms with van der Waals surface area (Å²) in [7, 11) is 3.13. The summed E-state index contributed by atoms with van der Waals surface area (Å²) in [6.07, 6.45) is -1.27. The van der Waals surface area contributed by atoms with E-state index in [4.69, 9.17) is 0 Å². The van der Waals surface area contributed by atoms with Crippen molar-refractivity contribution in [2.75, 3.05) is 27.2 Å². The molecule has 0 radical (unpaired) electrons. The number of hydrogen-bond acceptors (Lipinski definition) is 3. The number of urea groups is 3. The Morgan fingerprint density at radius 3 is 1.60 bits per heavy atom. The van der Waals surface area contributed by atoms with Crippen molar-refractivity contribution in [1.29, 1.82) is 0 Å². The molecular formula is C11H22N6O3. The second-order valence-corrected chi connectivity index (χ2v) is 4.40. The van der Waals surface area contributed by atoms with E-state index < -0.39 is 24.4 Å². The first-order valence-electron chi connectivity index (χ1n) is 6.50. The topological polar surface area (TPSA) is 106 Å². The zero-order valence-corrected chi connectivity index (χ0v) is 12.2. The van der Waals surface area contributed by atoms with Crippen molar-refractivity contribution in [3.8, 4) is 0 Å². The van der Waals surface area contributed by atoms with Crippen LogP contribution in [-0.2, 0) is 0 Å². The highest BCUT2D eigenvalue weighted by Crippen LogP contribution is 2.15. The molecule has 0 saturated carbocycles. The summed E-state index contributed by atoms with van der Waals surface area (Å²) in [4.78, 5) is 37.9. The third kappa shape index (κ3) is 3.43. The maximum atomic E-state index is 11.9. The van der Waals surface area contributed by atoms with Gasteiger partial charge in [0.1, 0.15) is 12.3 Å². The van der Waals surface area contributed by atoms with Gasteiger partial charge in [-0.3, -0.25) is 0 Å². The van der Waals surface area contributed by atoms with Crippen LogP contribution in [0, 0.1) is 0 Å². The van der Waals surface area contributed by atoms with Crippen LogP contribution in [-0.4, -0.2) is 67.4 Å². The predicted molar refractivity (Wildman–Crippen MR) is 72.9 cm³/mol. The third-order valence-electron chi connectivity index (χ3n) is 2.97. The molecule has 9 heteroatoms. The molecule has 2 atom stereocenters. The largest absolute Gasteiger partial charge is 0.338 e. The van der Waals surface area contributed by atoms with Crippen molar-refractivity contribution in [2.24, 2.45) is 0 Å². The summed E-state index contributed by atoms with van der Waals surface area (Å²) >= 11 is 0. The molecular weight excluding hydrogens is 264 g/mol. The lowest BCUT2D eigenvalue weighted by molar-refractivity contribution is 0.194. The van der Waals surface area contributed by atoms with E-state index in [1.54, 1.807) is 27.9 Å². The fourth-order valence-corrected chi connectivity index (χ4v) is 1.95. The molecule has 0 aliphatic carbocycles. The van der Waals surface area contributed by atoms with E-state index in [9.17, 15) is 14.4 Å². The van der Waals surface area contributed by atoms with Gasteiger partial charge in [0.2, 0.25) is 0 Å². The van der Waals surface area contributed by atoms with Crippen LogP contribution in [0.1, 0.15) is 13.8 Å². The highest BCUT2D eigenvalue weighted by atomic mass is 16.2. The monoisotopic (exact) mass is 286 g/mol. The van der Waals surface area contributed by atoms with Crippen molar-refractivity contribution in [2.45, 2.75) is 26.2 Å². The SMILES string of the molecule is CCNC(=O)NC1C(NC(=O)NCC)N(C)C(=O)N1C. The number of carbonyl (C=O) groups is 3. The minimum absolute atomic E-state index is 0.284. The molecule has 0 spiro atoms. The first kappa shape index (κ1) is 15.9. The third-order valence-corrected chi connectivity index (χ3v) is 2.97. The van der Waals surface area contributed by atoms with Crippen LogP contribution in [0.25, 0.3) is 0 Å². The Morgan fingerprint density at radius 2 is 1.30 bits per heavy atom.